The zero-order valence-corrected chi connectivity index (χ0v) is 33.8. The summed E-state index contributed by atoms with van der Waals surface area (Å²) in [5.41, 5.74) is 9.68. The van der Waals surface area contributed by atoms with Gasteiger partial charge in [-0.25, -0.2) is 4.98 Å². The maximum atomic E-state index is 13.7. The average Bonchev–Trinajstić information content (AvgIpc) is 3.56. The summed E-state index contributed by atoms with van der Waals surface area (Å²) in [6.45, 7) is 7.12. The Labute approximate surface area is 335 Å². The van der Waals surface area contributed by atoms with Gasteiger partial charge in [-0.15, -0.1) is 37.2 Å². The third-order valence-electron chi connectivity index (χ3n) is 9.06. The van der Waals surface area contributed by atoms with Crippen molar-refractivity contribution in [1.29, 1.82) is 0 Å². The van der Waals surface area contributed by atoms with Crippen molar-refractivity contribution in [2.45, 2.75) is 39.0 Å². The van der Waals surface area contributed by atoms with Crippen LogP contribution in [-0.4, -0.2) is 105 Å². The molecular formula is C38H53Cl3N8O5. The van der Waals surface area contributed by atoms with Gasteiger partial charge in [0.2, 0.25) is 11.9 Å². The molecule has 0 atom stereocenters. The highest BCUT2D eigenvalue weighted by Crippen LogP contribution is 2.32. The number of aryl methyl sites for hydroxylation is 1. The number of nitrogens with zero attached hydrogens (tertiary/aromatic N) is 4. The van der Waals surface area contributed by atoms with Crippen LogP contribution in [0.15, 0.2) is 54.6 Å². The predicted molar refractivity (Wildman–Crippen MR) is 223 cm³/mol. The lowest BCUT2D eigenvalue weighted by Crippen LogP contribution is -2.47. The van der Waals surface area contributed by atoms with Gasteiger partial charge in [0.05, 0.1) is 36.2 Å². The lowest BCUT2D eigenvalue weighted by atomic mass is 10.1. The summed E-state index contributed by atoms with van der Waals surface area (Å²) in [5.74, 6) is 1.12. The van der Waals surface area contributed by atoms with E-state index in [1.807, 2.05) is 36.1 Å². The van der Waals surface area contributed by atoms with Crippen LogP contribution in [0.2, 0.25) is 0 Å². The second-order valence-corrected chi connectivity index (χ2v) is 12.9. The van der Waals surface area contributed by atoms with E-state index in [9.17, 15) is 14.4 Å². The van der Waals surface area contributed by atoms with Crippen LogP contribution in [0.25, 0.3) is 11.0 Å². The first-order chi connectivity index (χ1) is 24.7. The van der Waals surface area contributed by atoms with E-state index in [2.05, 4.69) is 32.5 Å². The molecule has 1 saturated heterocycles. The molecule has 1 aromatic heterocycles. The number of halogens is 3. The number of rotatable bonds is 16. The Bertz CT molecular complexity index is 1830. The van der Waals surface area contributed by atoms with E-state index in [4.69, 9.17) is 15.2 Å². The summed E-state index contributed by atoms with van der Waals surface area (Å²) in [6.07, 6.45) is 3.84. The highest BCUT2D eigenvalue weighted by atomic mass is 35.5. The number of hydrogen-bond acceptors (Lipinski definition) is 9. The smallest absolute Gasteiger partial charge is 0.258 e. The minimum absolute atomic E-state index is 0. The van der Waals surface area contributed by atoms with Crippen molar-refractivity contribution in [3.05, 3.63) is 71.3 Å². The third kappa shape index (κ3) is 11.9. The first kappa shape index (κ1) is 45.9. The molecule has 2 heterocycles. The number of fused-ring (bicyclic) bond motifs is 1. The number of carbonyl (C=O) groups excluding carboxylic acids is 3. The van der Waals surface area contributed by atoms with Gasteiger partial charge in [-0.3, -0.25) is 14.4 Å². The van der Waals surface area contributed by atoms with Gasteiger partial charge in [-0.2, -0.15) is 0 Å². The number of hydrogen-bond donors (Lipinski definition) is 4. The van der Waals surface area contributed by atoms with Gasteiger partial charge in [0, 0.05) is 51.8 Å². The van der Waals surface area contributed by atoms with Crippen molar-refractivity contribution in [1.82, 2.24) is 19.8 Å². The van der Waals surface area contributed by atoms with Gasteiger partial charge < -0.3 is 45.5 Å². The van der Waals surface area contributed by atoms with Gasteiger partial charge in [-0.1, -0.05) is 12.1 Å². The van der Waals surface area contributed by atoms with Gasteiger partial charge >= 0.3 is 0 Å². The Morgan fingerprint density at radius 2 is 1.70 bits per heavy atom. The van der Waals surface area contributed by atoms with Crippen molar-refractivity contribution < 1.29 is 23.9 Å². The van der Waals surface area contributed by atoms with Crippen molar-refractivity contribution >= 4 is 83.3 Å². The minimum Gasteiger partial charge on any atom is -0.495 e. The first-order valence-electron chi connectivity index (χ1n) is 17.6. The van der Waals surface area contributed by atoms with Crippen LogP contribution < -0.4 is 30.7 Å². The number of amides is 3. The molecule has 5 N–H and O–H groups in total. The van der Waals surface area contributed by atoms with Crippen LogP contribution in [-0.2, 0) is 4.79 Å². The highest BCUT2D eigenvalue weighted by molar-refractivity contribution is 6.13. The van der Waals surface area contributed by atoms with Crippen molar-refractivity contribution in [2.75, 3.05) is 82.6 Å². The van der Waals surface area contributed by atoms with E-state index in [1.54, 1.807) is 42.3 Å². The molecule has 1 aliphatic heterocycles. The van der Waals surface area contributed by atoms with E-state index in [0.717, 1.165) is 62.9 Å². The van der Waals surface area contributed by atoms with Crippen molar-refractivity contribution in [2.24, 2.45) is 5.73 Å². The molecule has 0 spiro atoms. The number of nitrogens with one attached hydrogen (secondary N) is 3. The molecule has 1 aliphatic rings. The summed E-state index contributed by atoms with van der Waals surface area (Å²) in [4.78, 5) is 53.2. The summed E-state index contributed by atoms with van der Waals surface area (Å²) in [6, 6.07) is 16.0. The van der Waals surface area contributed by atoms with Crippen LogP contribution >= 0.6 is 37.2 Å². The maximum absolute atomic E-state index is 13.7. The first-order valence-corrected chi connectivity index (χ1v) is 17.6. The second kappa shape index (κ2) is 22.2. The molecule has 5 rings (SSSR count). The standard InChI is InChI=1S/C38H50N8O5.3ClH/c1-26-13-16-31(33(24-26)51-23-7-5-6-12-34(47)46-21-19-44(2)20-22-46)45(3)37(49)27-14-15-29(32(25-27)50-4)41-36(48)28-10-8-11-30-35(28)43-38(42-30)40-18-9-17-39;;;/h8,10-11,13-16,24-25H,5-7,9,12,17-23,39H2,1-4H3,(H,41,48)(H2,40,42,43);3*1H. The molecule has 1 fully saturated rings. The normalized spacial score (nSPS) is 12.5. The number of benzene rings is 3. The van der Waals surface area contributed by atoms with Crippen molar-refractivity contribution in [3.8, 4) is 11.5 Å². The van der Waals surface area contributed by atoms with Gasteiger partial charge in [0.15, 0.2) is 0 Å². The van der Waals surface area contributed by atoms with E-state index in [1.165, 1.54) is 7.11 Å². The van der Waals surface area contributed by atoms with Crippen LogP contribution in [0, 0.1) is 6.92 Å². The molecule has 0 unspecified atom stereocenters. The predicted octanol–water partition coefficient (Wildman–Crippen LogP) is 6.15. The Morgan fingerprint density at radius 3 is 2.43 bits per heavy atom. The Balaban J connectivity index is 0.00000336. The van der Waals surface area contributed by atoms with Gasteiger partial charge in [-0.05, 0) is 94.2 Å². The number of unbranched alkanes of at least 4 members (excludes halogenated alkanes) is 2. The molecule has 296 valence electrons. The van der Waals surface area contributed by atoms with Gasteiger partial charge in [0.25, 0.3) is 11.8 Å². The number of carbonyl (C=O) groups is 3. The molecule has 3 aromatic carbocycles. The van der Waals surface area contributed by atoms with Crippen LogP contribution in [0.5, 0.6) is 11.5 Å². The van der Waals surface area contributed by atoms with E-state index >= 15 is 0 Å². The monoisotopic (exact) mass is 806 g/mol. The van der Waals surface area contributed by atoms with Gasteiger partial charge in [0.1, 0.15) is 17.0 Å². The maximum Gasteiger partial charge on any atom is 0.258 e. The van der Waals surface area contributed by atoms with E-state index < -0.39 is 0 Å². The molecule has 0 saturated carbocycles. The summed E-state index contributed by atoms with van der Waals surface area (Å²) in [5, 5.41) is 6.10. The molecule has 54 heavy (non-hydrogen) atoms. The molecular weight excluding hydrogens is 755 g/mol. The SMILES string of the molecule is COc1cc(C(=O)N(C)c2ccc(C)cc2OCCCCCC(=O)N2CCN(C)CC2)ccc1NC(=O)c1cccc2[nH]c(NCCCN)nc12.Cl.Cl.Cl. The molecule has 3 amide bonds. The zero-order valence-electron chi connectivity index (χ0n) is 31.3. The van der Waals surface area contributed by atoms with Crippen molar-refractivity contribution in [3.63, 3.8) is 0 Å². The highest BCUT2D eigenvalue weighted by Gasteiger charge is 2.22. The second-order valence-electron chi connectivity index (χ2n) is 12.9. The average molecular weight is 808 g/mol. The summed E-state index contributed by atoms with van der Waals surface area (Å²) < 4.78 is 11.8. The Kier molecular flexibility index (Phi) is 18.9. The number of methoxy groups -OCH3 is 1. The van der Waals surface area contributed by atoms with Crippen LogP contribution in [0.4, 0.5) is 17.3 Å². The number of piperazine rings is 1. The van der Waals surface area contributed by atoms with E-state index in [0.29, 0.717) is 71.6 Å². The molecule has 16 heteroatoms. The largest absolute Gasteiger partial charge is 0.495 e. The molecule has 0 bridgehead atoms. The third-order valence-corrected chi connectivity index (χ3v) is 9.06. The minimum atomic E-state index is -0.363. The lowest BCUT2D eigenvalue weighted by Gasteiger charge is -2.32. The molecule has 0 radical (unpaired) electrons. The topological polar surface area (TPSA) is 158 Å². The lowest BCUT2D eigenvalue weighted by molar-refractivity contribution is -0.132. The Hall–Kier alpha value is -4.27. The Morgan fingerprint density at radius 1 is 0.944 bits per heavy atom. The molecule has 13 nitrogen and oxygen atoms in total. The number of ether oxygens (including phenoxy) is 2. The number of likely N-dealkylation sites (N-methyl/N-ethyl adjacent to an activating group) is 1. The van der Waals surface area contributed by atoms with Crippen LogP contribution in [0.1, 0.15) is 58.4 Å². The quantitative estimate of drug-likeness (QED) is 0.0976. The molecule has 4 aromatic rings. The fourth-order valence-electron chi connectivity index (χ4n) is 5.99. The summed E-state index contributed by atoms with van der Waals surface area (Å²) in [7, 11) is 5.28. The summed E-state index contributed by atoms with van der Waals surface area (Å²) >= 11 is 0. The van der Waals surface area contributed by atoms with E-state index in [-0.39, 0.29) is 54.9 Å². The number of aromatic nitrogens is 2. The number of anilines is 3. The number of aromatic amines is 1. The fraction of sp³-hybridized carbons (Fsp3) is 0.421. The van der Waals surface area contributed by atoms with Crippen LogP contribution in [0.3, 0.4) is 0 Å². The number of H-pyrrole nitrogens is 1. The number of imidazole rings is 1. The molecule has 0 aliphatic carbocycles. The number of para-hydroxylation sites is 1. The fourth-order valence-corrected chi connectivity index (χ4v) is 5.99. The number of nitrogens with two attached hydrogens (primary N) is 1. The zero-order chi connectivity index (χ0) is 36.3.